The summed E-state index contributed by atoms with van der Waals surface area (Å²) in [7, 11) is -3.91. The predicted molar refractivity (Wildman–Crippen MR) is 219 cm³/mol. The molecule has 2 N–H and O–H groups in total. The third-order valence-corrected chi connectivity index (χ3v) is 11.4. The van der Waals surface area contributed by atoms with E-state index >= 15 is 0 Å². The van der Waals surface area contributed by atoms with Crippen molar-refractivity contribution in [1.82, 2.24) is 8.61 Å². The van der Waals surface area contributed by atoms with Gasteiger partial charge >= 0.3 is 0 Å². The Balaban J connectivity index is 0.000000316. The second-order valence-electron chi connectivity index (χ2n) is 10.8. The molecule has 2 aromatic rings. The topological polar surface area (TPSA) is 108 Å². The number of nitrogens with zero attached hydrogens (tertiary/aromatic N) is 2. The lowest BCUT2D eigenvalue weighted by Crippen LogP contribution is -2.55. The second kappa shape index (κ2) is 22.9. The molecule has 0 amide bonds. The maximum absolute atomic E-state index is 13.4. The molecule has 0 aliphatic carbocycles. The number of nitrogens with one attached hydrogen (secondary N) is 2. The highest BCUT2D eigenvalue weighted by atomic mass is 32.2. The van der Waals surface area contributed by atoms with Crippen LogP contribution >= 0.6 is 0 Å². The maximum atomic E-state index is 13.4. The monoisotopic (exact) mass is 774 g/mol. The van der Waals surface area contributed by atoms with Gasteiger partial charge < -0.3 is 15.4 Å². The fraction of sp³-hybridized carbons (Fsp3) is 0.244. The van der Waals surface area contributed by atoms with Crippen LogP contribution in [0.15, 0.2) is 58.3 Å². The molecule has 2 fully saturated rings. The number of anilines is 2. The molecular weight excluding hydrogens is 741 g/mol. The van der Waals surface area contributed by atoms with Gasteiger partial charge in [0.05, 0.1) is 16.4 Å². The molecule has 11 heteroatoms. The highest BCUT2D eigenvalue weighted by molar-refractivity contribution is 7.89. The Morgan fingerprint density at radius 1 is 0.500 bits per heavy atom. The number of sulfonamides is 2. The second-order valence-corrected chi connectivity index (χ2v) is 14.6. The number of ether oxygens (including phenoxy) is 1. The highest BCUT2D eigenvalue weighted by Gasteiger charge is 2.51. The standard InChI is InChI=1S/C24H6.C21H28N4O5S2/c1-3-5-7-9-11-13-15-17-19-21-23-24-22-20-18-16-14-12-10-8-6-4-2;1-22-17-3-7-19(8-4-17)31(26,27)24-13-11-21(12-14-24)25(15-16-30-21)32(28,29)20-9-5-18(23-2)6-10-20/h1-2H3;3-10,22-23H,11-16H2,1-2H3. The van der Waals surface area contributed by atoms with E-state index in [0.717, 1.165) is 11.4 Å². The maximum Gasteiger partial charge on any atom is 0.245 e. The Hall–Kier alpha value is -7.02. The molecule has 276 valence electrons. The third kappa shape index (κ3) is 13.1. The minimum absolute atomic E-state index is 0.181. The van der Waals surface area contributed by atoms with Crippen molar-refractivity contribution < 1.29 is 21.6 Å². The zero-order valence-electron chi connectivity index (χ0n) is 31.1. The Morgan fingerprint density at radius 2 is 0.821 bits per heavy atom. The summed E-state index contributed by atoms with van der Waals surface area (Å²) >= 11 is 0. The van der Waals surface area contributed by atoms with Gasteiger partial charge in [-0.2, -0.15) is 8.61 Å². The number of hydrogen-bond acceptors (Lipinski definition) is 7. The fourth-order valence-electron chi connectivity index (χ4n) is 4.95. The van der Waals surface area contributed by atoms with E-state index in [1.807, 2.05) is 0 Å². The summed E-state index contributed by atoms with van der Waals surface area (Å²) in [5.74, 6) is 55.6. The van der Waals surface area contributed by atoms with Crippen molar-refractivity contribution in [3.8, 4) is 130 Å². The Labute approximate surface area is 332 Å². The lowest BCUT2D eigenvalue weighted by atomic mass is 10.0. The molecular formula is C45H34N4O5S2. The van der Waals surface area contributed by atoms with Gasteiger partial charge in [-0.1, -0.05) is 11.8 Å². The molecule has 0 radical (unpaired) electrons. The van der Waals surface area contributed by atoms with Crippen LogP contribution in [0.1, 0.15) is 26.7 Å². The Bertz CT molecular complexity index is 2610. The van der Waals surface area contributed by atoms with Crippen molar-refractivity contribution >= 4 is 31.4 Å². The van der Waals surface area contributed by atoms with Crippen LogP contribution in [-0.4, -0.2) is 71.5 Å². The van der Waals surface area contributed by atoms with E-state index in [2.05, 4.69) is 141 Å². The van der Waals surface area contributed by atoms with Gasteiger partial charge in [0.25, 0.3) is 0 Å². The molecule has 0 unspecified atom stereocenters. The molecule has 2 aliphatic heterocycles. The number of hydrogen-bond donors (Lipinski definition) is 2. The smallest absolute Gasteiger partial charge is 0.245 e. The van der Waals surface area contributed by atoms with Gasteiger partial charge in [0, 0.05) is 81.6 Å². The minimum atomic E-state index is -3.78. The van der Waals surface area contributed by atoms with E-state index in [-0.39, 0.29) is 48.9 Å². The van der Waals surface area contributed by atoms with Gasteiger partial charge in [0.2, 0.25) is 20.0 Å². The summed E-state index contributed by atoms with van der Waals surface area (Å²) in [6.07, 6.45) is 0.545. The highest BCUT2D eigenvalue weighted by Crippen LogP contribution is 2.39. The van der Waals surface area contributed by atoms with Crippen LogP contribution in [0, 0.1) is 130 Å². The average molecular weight is 775 g/mol. The largest absolute Gasteiger partial charge is 0.388 e. The molecule has 4 rings (SSSR count). The van der Waals surface area contributed by atoms with Crippen molar-refractivity contribution in [3.63, 3.8) is 0 Å². The molecule has 1 spiro atoms. The minimum Gasteiger partial charge on any atom is -0.388 e. The van der Waals surface area contributed by atoms with E-state index in [4.69, 9.17) is 4.74 Å². The molecule has 2 heterocycles. The number of piperidine rings is 1. The first-order chi connectivity index (χ1) is 27.1. The molecule has 0 atom stereocenters. The molecule has 0 aromatic heterocycles. The van der Waals surface area contributed by atoms with Crippen LogP contribution in [0.4, 0.5) is 11.4 Å². The fourth-order valence-corrected chi connectivity index (χ4v) is 8.12. The SMILES string of the molecule is CC#CC#CC#CC#CC#CC#CC#CC#CC#CC#CC#CC.CNc1ccc(S(=O)(=O)N2CCC3(CC2)OCCN3S(=O)(=O)c2ccc(NC)cc2)cc1. The van der Waals surface area contributed by atoms with Gasteiger partial charge in [-0.05, 0) is 157 Å². The number of benzene rings is 2. The summed E-state index contributed by atoms with van der Waals surface area (Å²) in [4.78, 5) is 0.412. The third-order valence-electron chi connectivity index (χ3n) is 7.57. The predicted octanol–water partition coefficient (Wildman–Crippen LogP) is 3.04. The quantitative estimate of drug-likeness (QED) is 0.435. The van der Waals surface area contributed by atoms with E-state index in [1.54, 1.807) is 76.5 Å². The summed E-state index contributed by atoms with van der Waals surface area (Å²) in [6, 6.07) is 13.1. The normalized spacial score (nSPS) is 13.0. The summed E-state index contributed by atoms with van der Waals surface area (Å²) in [5, 5.41) is 5.94. The zero-order valence-corrected chi connectivity index (χ0v) is 32.7. The van der Waals surface area contributed by atoms with Gasteiger partial charge in [-0.3, -0.25) is 0 Å². The van der Waals surface area contributed by atoms with Gasteiger partial charge in [-0.15, -0.1) is 0 Å². The van der Waals surface area contributed by atoms with Crippen molar-refractivity contribution in [2.24, 2.45) is 0 Å². The van der Waals surface area contributed by atoms with Crippen LogP contribution in [-0.2, 0) is 24.8 Å². The average Bonchev–Trinajstić information content (AvgIpc) is 3.64. The first kappa shape index (κ1) is 43.4. The van der Waals surface area contributed by atoms with E-state index < -0.39 is 25.8 Å². The Kier molecular flexibility index (Phi) is 17.8. The zero-order chi connectivity index (χ0) is 40.5. The summed E-state index contributed by atoms with van der Waals surface area (Å²) in [5.41, 5.74) is 0.616. The summed E-state index contributed by atoms with van der Waals surface area (Å²) < 4.78 is 61.6. The van der Waals surface area contributed by atoms with Gasteiger partial charge in [-0.25, -0.2) is 16.8 Å². The molecule has 0 saturated carbocycles. The first-order valence-corrected chi connectivity index (χ1v) is 19.6. The molecule has 2 aliphatic rings. The van der Waals surface area contributed by atoms with Crippen molar-refractivity contribution in [2.75, 3.05) is 51.0 Å². The molecule has 2 saturated heterocycles. The van der Waals surface area contributed by atoms with Crippen LogP contribution in [0.5, 0.6) is 0 Å². The van der Waals surface area contributed by atoms with Crippen molar-refractivity contribution in [2.45, 2.75) is 42.2 Å². The molecule has 9 nitrogen and oxygen atoms in total. The van der Waals surface area contributed by atoms with Crippen LogP contribution < -0.4 is 10.6 Å². The first-order valence-electron chi connectivity index (χ1n) is 16.7. The van der Waals surface area contributed by atoms with Crippen molar-refractivity contribution in [1.29, 1.82) is 0 Å². The van der Waals surface area contributed by atoms with E-state index in [9.17, 15) is 16.8 Å². The number of rotatable bonds is 6. The lowest BCUT2D eigenvalue weighted by molar-refractivity contribution is -0.0806. The van der Waals surface area contributed by atoms with E-state index in [0.29, 0.717) is 0 Å². The van der Waals surface area contributed by atoms with Gasteiger partial charge in [0.1, 0.15) is 5.72 Å². The van der Waals surface area contributed by atoms with Crippen LogP contribution in [0.25, 0.3) is 0 Å². The van der Waals surface area contributed by atoms with Gasteiger partial charge in [0.15, 0.2) is 0 Å². The van der Waals surface area contributed by atoms with Crippen molar-refractivity contribution in [3.05, 3.63) is 48.5 Å². The van der Waals surface area contributed by atoms with E-state index in [1.165, 1.54) is 8.61 Å². The Morgan fingerprint density at radius 3 is 1.14 bits per heavy atom. The van der Waals surface area contributed by atoms with Crippen LogP contribution in [0.3, 0.4) is 0 Å². The lowest BCUT2D eigenvalue weighted by Gasteiger charge is -2.42. The molecule has 0 bridgehead atoms. The summed E-state index contributed by atoms with van der Waals surface area (Å²) in [6.45, 7) is 4.29. The molecule has 2 aromatic carbocycles. The van der Waals surface area contributed by atoms with Crippen LogP contribution in [0.2, 0.25) is 0 Å². The molecule has 56 heavy (non-hydrogen) atoms.